The van der Waals surface area contributed by atoms with Crippen LogP contribution in [0.1, 0.15) is 0 Å². The topological polar surface area (TPSA) is 36.9 Å². The first-order chi connectivity index (χ1) is 10.5. The maximum Gasteiger partial charge on any atom is 0.433 e. The predicted molar refractivity (Wildman–Crippen MR) is 90.7 cm³/mol. The van der Waals surface area contributed by atoms with Crippen molar-refractivity contribution in [3.63, 3.8) is 0 Å². The highest BCUT2D eigenvalue weighted by atomic mass is 28.4. The zero-order valence-corrected chi connectivity index (χ0v) is 15.3. The molecule has 2 aromatic rings. The maximum absolute atomic E-state index is 6.39. The minimum Gasteiger partial charge on any atom is -0.517 e. The summed E-state index contributed by atoms with van der Waals surface area (Å²) in [5, 5.41) is 1.98. The molecule has 0 aliphatic carbocycles. The van der Waals surface area contributed by atoms with Gasteiger partial charge in [-0.3, -0.25) is 0 Å². The van der Waals surface area contributed by atoms with Crippen molar-refractivity contribution >= 4 is 27.5 Å². The summed E-state index contributed by atoms with van der Waals surface area (Å²) in [6.07, 6.45) is 0. The summed E-state index contributed by atoms with van der Waals surface area (Å²) in [5.41, 5.74) is 0. The van der Waals surface area contributed by atoms with E-state index in [1.165, 1.54) is 0 Å². The Hall–Kier alpha value is -1.61. The minimum absolute atomic E-state index is 0.795. The average Bonchev–Trinajstić information content (AvgIpc) is 2.54. The molecule has 0 saturated carbocycles. The van der Waals surface area contributed by atoms with Gasteiger partial charge in [0.05, 0.1) is 0 Å². The number of para-hydroxylation sites is 2. The minimum atomic E-state index is -2.60. The van der Waals surface area contributed by atoms with Gasteiger partial charge in [-0.2, -0.15) is 0 Å². The Labute approximate surface area is 133 Å². The molecule has 4 nitrogen and oxygen atoms in total. The fraction of sp³-hybridized carbons (Fsp3) is 0.250. The van der Waals surface area contributed by atoms with Crippen LogP contribution in [-0.2, 0) is 8.85 Å². The molecule has 0 amide bonds. The van der Waals surface area contributed by atoms with E-state index in [0.717, 1.165) is 21.9 Å². The van der Waals surface area contributed by atoms with E-state index >= 15 is 0 Å². The Morgan fingerprint density at radius 3 is 1.41 bits per heavy atom. The lowest BCUT2D eigenvalue weighted by atomic mass is 10.3. The van der Waals surface area contributed by atoms with Gasteiger partial charge in [0.15, 0.2) is 0 Å². The fourth-order valence-electron chi connectivity index (χ4n) is 2.69. The molecule has 2 unspecified atom stereocenters. The molecule has 1 aliphatic rings. The molecule has 22 heavy (non-hydrogen) atoms. The summed E-state index contributed by atoms with van der Waals surface area (Å²) in [6, 6.07) is 15.8. The van der Waals surface area contributed by atoms with E-state index in [4.69, 9.17) is 17.7 Å². The highest BCUT2D eigenvalue weighted by Gasteiger charge is 2.47. The van der Waals surface area contributed by atoms with E-state index in [9.17, 15) is 0 Å². The van der Waals surface area contributed by atoms with Gasteiger partial charge in [-0.05, 0) is 25.2 Å². The van der Waals surface area contributed by atoms with E-state index in [1.54, 1.807) is 14.2 Å². The first-order valence-electron chi connectivity index (χ1n) is 7.20. The summed E-state index contributed by atoms with van der Waals surface area (Å²) in [7, 11) is -1.81. The summed E-state index contributed by atoms with van der Waals surface area (Å²) < 4.78 is 24.4. The van der Waals surface area contributed by atoms with Crippen LogP contribution in [0.15, 0.2) is 48.5 Å². The molecule has 0 saturated heterocycles. The smallest absolute Gasteiger partial charge is 0.433 e. The average molecular weight is 333 g/mol. The Kier molecular flexibility index (Phi) is 3.86. The second-order valence-corrected chi connectivity index (χ2v) is 11.6. The lowest BCUT2D eigenvalue weighted by Crippen LogP contribution is -2.61. The second-order valence-electron chi connectivity index (χ2n) is 5.50. The van der Waals surface area contributed by atoms with Crippen LogP contribution < -0.4 is 19.2 Å². The van der Waals surface area contributed by atoms with Crippen molar-refractivity contribution in [2.75, 3.05) is 14.2 Å². The van der Waals surface area contributed by atoms with Crippen molar-refractivity contribution in [2.45, 2.75) is 13.1 Å². The van der Waals surface area contributed by atoms with Crippen LogP contribution in [-0.4, -0.2) is 31.3 Å². The molecule has 0 radical (unpaired) electrons. The van der Waals surface area contributed by atoms with Crippen LogP contribution >= 0.6 is 0 Å². The van der Waals surface area contributed by atoms with E-state index < -0.39 is 17.1 Å². The molecule has 2 aromatic carbocycles. The third-order valence-electron chi connectivity index (χ3n) is 4.14. The van der Waals surface area contributed by atoms with Crippen molar-refractivity contribution in [1.82, 2.24) is 0 Å². The zero-order valence-electron chi connectivity index (χ0n) is 13.3. The molecule has 116 valence electrons. The van der Waals surface area contributed by atoms with E-state index in [2.05, 4.69) is 0 Å². The van der Waals surface area contributed by atoms with Gasteiger partial charge in [0, 0.05) is 24.6 Å². The van der Waals surface area contributed by atoms with E-state index in [1.807, 2.05) is 61.6 Å². The predicted octanol–water partition coefficient (Wildman–Crippen LogP) is 2.01. The lowest BCUT2D eigenvalue weighted by Gasteiger charge is -2.36. The quantitative estimate of drug-likeness (QED) is 0.789. The standard InChI is InChI=1S/C16H20O4Si2/c1-17-21(3)15-11-7-5-9-13(15)20-22(4,18-2)16-12-8-6-10-14(16)19-21/h5-12H,1-4H3. The molecule has 1 aliphatic heterocycles. The SMILES string of the molecule is CO[Si]1(C)Oc2ccccc2[Si](C)(OC)Oc2ccccc21. The van der Waals surface area contributed by atoms with Crippen LogP contribution in [0.3, 0.4) is 0 Å². The number of rotatable bonds is 2. The van der Waals surface area contributed by atoms with Crippen LogP contribution in [0.5, 0.6) is 11.5 Å². The molecular formula is C16H20O4Si2. The molecule has 0 N–H and O–H groups in total. The summed E-state index contributed by atoms with van der Waals surface area (Å²) >= 11 is 0. The van der Waals surface area contributed by atoms with Crippen molar-refractivity contribution in [2.24, 2.45) is 0 Å². The van der Waals surface area contributed by atoms with Crippen LogP contribution in [0, 0.1) is 0 Å². The Balaban J connectivity index is 2.24. The first kappa shape index (κ1) is 15.3. The number of hydrogen-bond acceptors (Lipinski definition) is 4. The lowest BCUT2D eigenvalue weighted by molar-refractivity contribution is 0.303. The third kappa shape index (κ3) is 2.38. The maximum atomic E-state index is 6.39. The van der Waals surface area contributed by atoms with Crippen molar-refractivity contribution in [3.8, 4) is 11.5 Å². The number of benzene rings is 2. The van der Waals surface area contributed by atoms with Gasteiger partial charge in [-0.1, -0.05) is 36.4 Å². The summed E-state index contributed by atoms with van der Waals surface area (Å²) in [4.78, 5) is 0. The molecule has 0 spiro atoms. The molecule has 0 bridgehead atoms. The molecular weight excluding hydrogens is 312 g/mol. The van der Waals surface area contributed by atoms with Crippen LogP contribution in [0.25, 0.3) is 0 Å². The third-order valence-corrected chi connectivity index (χ3v) is 9.70. The van der Waals surface area contributed by atoms with Gasteiger partial charge in [-0.25, -0.2) is 0 Å². The van der Waals surface area contributed by atoms with Crippen molar-refractivity contribution in [1.29, 1.82) is 0 Å². The summed E-state index contributed by atoms with van der Waals surface area (Å²) in [5.74, 6) is 1.59. The largest absolute Gasteiger partial charge is 0.517 e. The number of fused-ring (bicyclic) bond motifs is 2. The van der Waals surface area contributed by atoms with E-state index in [0.29, 0.717) is 0 Å². The molecule has 0 fully saturated rings. The van der Waals surface area contributed by atoms with Gasteiger partial charge in [-0.15, -0.1) is 0 Å². The van der Waals surface area contributed by atoms with Gasteiger partial charge >= 0.3 is 17.1 Å². The molecule has 2 atom stereocenters. The second kappa shape index (κ2) is 5.55. The Bertz CT molecular complexity index is 634. The first-order valence-corrected chi connectivity index (χ1v) is 11.8. The number of hydrogen-bond donors (Lipinski definition) is 0. The van der Waals surface area contributed by atoms with Gasteiger partial charge < -0.3 is 17.7 Å². The fourth-order valence-corrected chi connectivity index (χ4v) is 6.88. The van der Waals surface area contributed by atoms with E-state index in [-0.39, 0.29) is 0 Å². The monoisotopic (exact) mass is 332 g/mol. The molecule has 3 rings (SSSR count). The molecule has 0 aromatic heterocycles. The van der Waals surface area contributed by atoms with Gasteiger partial charge in [0.25, 0.3) is 0 Å². The van der Waals surface area contributed by atoms with Crippen molar-refractivity contribution in [3.05, 3.63) is 48.5 Å². The normalized spacial score (nSPS) is 26.7. The highest BCUT2D eigenvalue weighted by molar-refractivity contribution is 6.85. The van der Waals surface area contributed by atoms with Crippen LogP contribution in [0.4, 0.5) is 0 Å². The summed E-state index contributed by atoms with van der Waals surface area (Å²) in [6.45, 7) is 4.06. The highest BCUT2D eigenvalue weighted by Crippen LogP contribution is 2.27. The Morgan fingerprint density at radius 2 is 1.05 bits per heavy atom. The molecule has 6 heteroatoms. The Morgan fingerprint density at radius 1 is 0.682 bits per heavy atom. The zero-order chi connectivity index (χ0) is 15.8. The van der Waals surface area contributed by atoms with Crippen LogP contribution in [0.2, 0.25) is 13.1 Å². The van der Waals surface area contributed by atoms with Gasteiger partial charge in [0.1, 0.15) is 11.5 Å². The van der Waals surface area contributed by atoms with Gasteiger partial charge in [0.2, 0.25) is 0 Å². The molecule has 1 heterocycles. The van der Waals surface area contributed by atoms with Crippen molar-refractivity contribution < 1.29 is 17.7 Å².